The van der Waals surface area contributed by atoms with Gasteiger partial charge in [-0.15, -0.1) is 12.4 Å². The zero-order valence-corrected chi connectivity index (χ0v) is 11.8. The molecule has 0 aliphatic carbocycles. The zero-order chi connectivity index (χ0) is 12.7. The van der Waals surface area contributed by atoms with Crippen molar-refractivity contribution in [1.82, 2.24) is 0 Å². The van der Waals surface area contributed by atoms with Crippen LogP contribution in [0.2, 0.25) is 0 Å². The van der Waals surface area contributed by atoms with Gasteiger partial charge >= 0.3 is 5.97 Å². The fourth-order valence-corrected chi connectivity index (χ4v) is 1.77. The second-order valence-electron chi connectivity index (χ2n) is 4.36. The van der Waals surface area contributed by atoms with Crippen LogP contribution in [0.5, 0.6) is 0 Å². The first-order valence-corrected chi connectivity index (χ1v) is 6.06. The van der Waals surface area contributed by atoms with Crippen molar-refractivity contribution in [3.63, 3.8) is 0 Å². The lowest BCUT2D eigenvalue weighted by Crippen LogP contribution is -2.35. The van der Waals surface area contributed by atoms with E-state index in [0.29, 0.717) is 0 Å². The molecule has 2 atom stereocenters. The average Bonchev–Trinajstić information content (AvgIpc) is 2.29. The third-order valence-electron chi connectivity index (χ3n) is 2.80. The van der Waals surface area contributed by atoms with Crippen molar-refractivity contribution in [2.45, 2.75) is 45.3 Å². The van der Waals surface area contributed by atoms with Gasteiger partial charge in [-0.25, -0.2) is 0 Å². The number of benzene rings is 1. The summed E-state index contributed by atoms with van der Waals surface area (Å²) in [6.07, 6.45) is 2.69. The number of nitrogens with two attached hydrogens (primary N) is 1. The standard InChI is InChI=1S/C14H21NO2.ClH/c1-11(17-12(2)16)14(15)10-6-9-13-7-4-3-5-8-13;/h3-5,7-8,11,14H,6,9-10,15H2,1-2H3;1H. The molecule has 0 saturated carbocycles. The van der Waals surface area contributed by atoms with Crippen LogP contribution in [0, 0.1) is 0 Å². The van der Waals surface area contributed by atoms with Gasteiger partial charge in [0.2, 0.25) is 0 Å². The van der Waals surface area contributed by atoms with Crippen LogP contribution in [-0.2, 0) is 16.0 Å². The molecule has 1 aromatic carbocycles. The summed E-state index contributed by atoms with van der Waals surface area (Å²) in [7, 11) is 0. The first-order chi connectivity index (χ1) is 8.09. The van der Waals surface area contributed by atoms with E-state index < -0.39 is 0 Å². The van der Waals surface area contributed by atoms with Gasteiger partial charge in [0.25, 0.3) is 0 Å². The molecule has 1 rings (SSSR count). The van der Waals surface area contributed by atoms with Crippen LogP contribution in [0.25, 0.3) is 0 Å². The second-order valence-corrected chi connectivity index (χ2v) is 4.36. The Morgan fingerprint density at radius 1 is 1.33 bits per heavy atom. The number of hydrogen-bond donors (Lipinski definition) is 1. The molecule has 0 saturated heterocycles. The highest BCUT2D eigenvalue weighted by molar-refractivity contribution is 5.85. The van der Waals surface area contributed by atoms with Gasteiger partial charge in [0.1, 0.15) is 6.10 Å². The van der Waals surface area contributed by atoms with Crippen LogP contribution in [-0.4, -0.2) is 18.1 Å². The lowest BCUT2D eigenvalue weighted by molar-refractivity contribution is -0.146. The van der Waals surface area contributed by atoms with Crippen molar-refractivity contribution < 1.29 is 9.53 Å². The smallest absolute Gasteiger partial charge is 0.302 e. The van der Waals surface area contributed by atoms with Gasteiger partial charge in [-0.05, 0) is 31.7 Å². The monoisotopic (exact) mass is 271 g/mol. The lowest BCUT2D eigenvalue weighted by atomic mass is 10.0. The van der Waals surface area contributed by atoms with Crippen molar-refractivity contribution in [3.05, 3.63) is 35.9 Å². The van der Waals surface area contributed by atoms with Crippen LogP contribution in [0.4, 0.5) is 0 Å². The van der Waals surface area contributed by atoms with E-state index in [0.717, 1.165) is 19.3 Å². The number of esters is 1. The molecular weight excluding hydrogens is 250 g/mol. The third kappa shape index (κ3) is 6.62. The normalized spacial score (nSPS) is 13.3. The van der Waals surface area contributed by atoms with E-state index >= 15 is 0 Å². The van der Waals surface area contributed by atoms with Gasteiger partial charge in [0.15, 0.2) is 0 Å². The number of carbonyl (C=O) groups is 1. The topological polar surface area (TPSA) is 52.3 Å². The number of rotatable bonds is 6. The van der Waals surface area contributed by atoms with Crippen molar-refractivity contribution in [3.8, 4) is 0 Å². The lowest BCUT2D eigenvalue weighted by Gasteiger charge is -2.19. The second kappa shape index (κ2) is 8.95. The highest BCUT2D eigenvalue weighted by Crippen LogP contribution is 2.09. The Balaban J connectivity index is 0.00000289. The molecule has 2 unspecified atom stereocenters. The summed E-state index contributed by atoms with van der Waals surface area (Å²) in [5.41, 5.74) is 7.27. The molecule has 3 nitrogen and oxygen atoms in total. The number of hydrogen-bond acceptors (Lipinski definition) is 3. The molecule has 0 radical (unpaired) electrons. The number of carbonyl (C=O) groups excluding carboxylic acids is 1. The average molecular weight is 272 g/mol. The van der Waals surface area contributed by atoms with Crippen LogP contribution < -0.4 is 5.73 Å². The highest BCUT2D eigenvalue weighted by atomic mass is 35.5. The van der Waals surface area contributed by atoms with Crippen LogP contribution in [0.15, 0.2) is 30.3 Å². The fraction of sp³-hybridized carbons (Fsp3) is 0.500. The quantitative estimate of drug-likeness (QED) is 0.810. The highest BCUT2D eigenvalue weighted by Gasteiger charge is 2.14. The molecule has 4 heteroatoms. The van der Waals surface area contributed by atoms with E-state index in [4.69, 9.17) is 10.5 Å². The van der Waals surface area contributed by atoms with Gasteiger partial charge < -0.3 is 10.5 Å². The molecule has 0 spiro atoms. The Bertz CT molecular complexity index is 343. The van der Waals surface area contributed by atoms with E-state index in [9.17, 15) is 4.79 Å². The van der Waals surface area contributed by atoms with E-state index in [1.54, 1.807) is 0 Å². The van der Waals surface area contributed by atoms with Crippen molar-refractivity contribution in [2.75, 3.05) is 0 Å². The maximum atomic E-state index is 10.8. The van der Waals surface area contributed by atoms with Gasteiger partial charge in [0.05, 0.1) is 0 Å². The first-order valence-electron chi connectivity index (χ1n) is 6.06. The summed E-state index contributed by atoms with van der Waals surface area (Å²) in [5, 5.41) is 0. The van der Waals surface area contributed by atoms with Gasteiger partial charge in [-0.3, -0.25) is 4.79 Å². The summed E-state index contributed by atoms with van der Waals surface area (Å²) in [4.78, 5) is 10.8. The molecule has 0 aliphatic heterocycles. The number of halogens is 1. The molecule has 0 heterocycles. The number of ether oxygens (including phenoxy) is 1. The fourth-order valence-electron chi connectivity index (χ4n) is 1.77. The molecule has 0 aromatic heterocycles. The SMILES string of the molecule is CC(=O)OC(C)C(N)CCCc1ccccc1.Cl. The minimum Gasteiger partial charge on any atom is -0.461 e. The van der Waals surface area contributed by atoms with Crippen molar-refractivity contribution in [2.24, 2.45) is 5.73 Å². The molecule has 102 valence electrons. The Labute approximate surface area is 115 Å². The van der Waals surface area contributed by atoms with Gasteiger partial charge in [-0.2, -0.15) is 0 Å². The maximum Gasteiger partial charge on any atom is 0.302 e. The summed E-state index contributed by atoms with van der Waals surface area (Å²) in [6, 6.07) is 10.2. The van der Waals surface area contributed by atoms with E-state index in [-0.39, 0.29) is 30.5 Å². The first kappa shape index (κ1) is 16.9. The van der Waals surface area contributed by atoms with Crippen LogP contribution in [0.3, 0.4) is 0 Å². The Morgan fingerprint density at radius 3 is 2.50 bits per heavy atom. The minimum atomic E-state index is -0.268. The molecule has 0 amide bonds. The Morgan fingerprint density at radius 2 is 1.94 bits per heavy atom. The van der Waals surface area contributed by atoms with Gasteiger partial charge in [-0.1, -0.05) is 30.3 Å². The Kier molecular flexibility index (Phi) is 8.42. The van der Waals surface area contributed by atoms with Gasteiger partial charge in [0, 0.05) is 13.0 Å². The van der Waals surface area contributed by atoms with Crippen LogP contribution >= 0.6 is 12.4 Å². The molecule has 0 bridgehead atoms. The number of aryl methyl sites for hydroxylation is 1. The summed E-state index contributed by atoms with van der Waals surface area (Å²) >= 11 is 0. The largest absolute Gasteiger partial charge is 0.461 e. The molecule has 0 aliphatic rings. The predicted octanol–water partition coefficient (Wildman–Crippen LogP) is 2.71. The minimum absolute atomic E-state index is 0. The molecule has 0 fully saturated rings. The van der Waals surface area contributed by atoms with Crippen molar-refractivity contribution in [1.29, 1.82) is 0 Å². The van der Waals surface area contributed by atoms with E-state index in [1.165, 1.54) is 12.5 Å². The molecule has 2 N–H and O–H groups in total. The molecule has 1 aromatic rings. The molecule has 18 heavy (non-hydrogen) atoms. The summed E-state index contributed by atoms with van der Waals surface area (Å²) in [5.74, 6) is -0.268. The Hall–Kier alpha value is -1.06. The maximum absolute atomic E-state index is 10.8. The zero-order valence-electron chi connectivity index (χ0n) is 11.0. The molecular formula is C14H22ClNO2. The summed E-state index contributed by atoms with van der Waals surface area (Å²) < 4.78 is 5.05. The van der Waals surface area contributed by atoms with E-state index in [2.05, 4.69) is 12.1 Å². The predicted molar refractivity (Wildman–Crippen MR) is 75.8 cm³/mol. The van der Waals surface area contributed by atoms with Crippen LogP contribution in [0.1, 0.15) is 32.3 Å². The van der Waals surface area contributed by atoms with Crippen molar-refractivity contribution >= 4 is 18.4 Å². The van der Waals surface area contributed by atoms with E-state index in [1.807, 2.05) is 25.1 Å². The third-order valence-corrected chi connectivity index (χ3v) is 2.80. The summed E-state index contributed by atoms with van der Waals surface area (Å²) in [6.45, 7) is 3.25.